The molecule has 1 heterocycles. The van der Waals surface area contributed by atoms with Crippen molar-refractivity contribution >= 4 is 23.4 Å². The first-order chi connectivity index (χ1) is 13.2. The zero-order chi connectivity index (χ0) is 19.1. The molecule has 2 aromatic carbocycles. The second kappa shape index (κ2) is 9.55. The zero-order valence-corrected chi connectivity index (χ0v) is 16.7. The molecule has 5 nitrogen and oxygen atoms in total. The maximum Gasteiger partial charge on any atom is 0.230 e. The van der Waals surface area contributed by atoms with Crippen LogP contribution in [0.25, 0.3) is 0 Å². The number of nitrogens with one attached hydrogen (secondary N) is 1. The van der Waals surface area contributed by atoms with Gasteiger partial charge in [-0.05, 0) is 48.7 Å². The molecular weight excluding hydrogens is 360 g/mol. The summed E-state index contributed by atoms with van der Waals surface area (Å²) in [6.07, 6.45) is 2.55. The number of hydrogen-bond acceptors (Lipinski definition) is 5. The van der Waals surface area contributed by atoms with E-state index in [0.717, 1.165) is 23.5 Å². The Kier molecular flexibility index (Phi) is 6.87. The second-order valence-electron chi connectivity index (χ2n) is 6.44. The molecule has 27 heavy (non-hydrogen) atoms. The van der Waals surface area contributed by atoms with Crippen LogP contribution in [0, 0.1) is 0 Å². The Hall–Kier alpha value is -2.34. The molecule has 1 fully saturated rings. The van der Waals surface area contributed by atoms with Gasteiger partial charge >= 0.3 is 0 Å². The minimum absolute atomic E-state index is 0.0124. The summed E-state index contributed by atoms with van der Waals surface area (Å²) < 4.78 is 10.5. The quantitative estimate of drug-likeness (QED) is 0.701. The minimum atomic E-state index is 0.0124. The van der Waals surface area contributed by atoms with Crippen LogP contribution in [-0.4, -0.2) is 39.0 Å². The SMILES string of the molecule is COc1ccc(SCC(=O)NCc2ccc(N3CCCC3)cc2)cc1OC. The highest BCUT2D eigenvalue weighted by molar-refractivity contribution is 8.00. The number of hydrogen-bond donors (Lipinski definition) is 1. The smallest absolute Gasteiger partial charge is 0.230 e. The van der Waals surface area contributed by atoms with Crippen molar-refractivity contribution in [1.82, 2.24) is 5.32 Å². The van der Waals surface area contributed by atoms with Crippen LogP contribution in [0.2, 0.25) is 0 Å². The van der Waals surface area contributed by atoms with Crippen LogP contribution in [0.15, 0.2) is 47.4 Å². The third kappa shape index (κ3) is 5.32. The Morgan fingerprint density at radius 3 is 2.41 bits per heavy atom. The highest BCUT2D eigenvalue weighted by Gasteiger charge is 2.12. The molecule has 1 aliphatic rings. The fraction of sp³-hybridized carbons (Fsp3) is 0.381. The molecule has 1 N–H and O–H groups in total. The van der Waals surface area contributed by atoms with Crippen LogP contribution < -0.4 is 19.7 Å². The molecule has 6 heteroatoms. The summed E-state index contributed by atoms with van der Waals surface area (Å²) in [5.41, 5.74) is 2.38. The Morgan fingerprint density at radius 2 is 1.74 bits per heavy atom. The van der Waals surface area contributed by atoms with Gasteiger partial charge in [-0.3, -0.25) is 4.79 Å². The predicted octanol–water partition coefficient (Wildman–Crippen LogP) is 3.71. The monoisotopic (exact) mass is 386 g/mol. The Bertz CT molecular complexity index is 759. The van der Waals surface area contributed by atoms with E-state index in [9.17, 15) is 4.79 Å². The van der Waals surface area contributed by atoms with Crippen molar-refractivity contribution in [2.24, 2.45) is 0 Å². The molecule has 1 amide bonds. The number of benzene rings is 2. The topological polar surface area (TPSA) is 50.8 Å². The number of thioether (sulfide) groups is 1. The number of carbonyl (C=O) groups is 1. The third-order valence-corrected chi connectivity index (χ3v) is 5.62. The van der Waals surface area contributed by atoms with E-state index in [0.29, 0.717) is 23.8 Å². The van der Waals surface area contributed by atoms with Crippen molar-refractivity contribution in [3.8, 4) is 11.5 Å². The lowest BCUT2D eigenvalue weighted by molar-refractivity contribution is -0.118. The highest BCUT2D eigenvalue weighted by Crippen LogP contribution is 2.31. The van der Waals surface area contributed by atoms with Gasteiger partial charge in [0, 0.05) is 30.2 Å². The number of amides is 1. The van der Waals surface area contributed by atoms with E-state index in [1.165, 1.54) is 30.3 Å². The van der Waals surface area contributed by atoms with Crippen LogP contribution >= 0.6 is 11.8 Å². The number of ether oxygens (including phenoxy) is 2. The normalized spacial score (nSPS) is 13.5. The minimum Gasteiger partial charge on any atom is -0.493 e. The van der Waals surface area contributed by atoms with Gasteiger partial charge in [-0.1, -0.05) is 12.1 Å². The molecule has 0 unspecified atom stereocenters. The summed E-state index contributed by atoms with van der Waals surface area (Å²) in [4.78, 5) is 15.5. The molecule has 0 atom stereocenters. The van der Waals surface area contributed by atoms with Gasteiger partial charge in [0.2, 0.25) is 5.91 Å². The van der Waals surface area contributed by atoms with Crippen molar-refractivity contribution in [3.63, 3.8) is 0 Å². The molecule has 0 aromatic heterocycles. The average molecular weight is 387 g/mol. The summed E-state index contributed by atoms with van der Waals surface area (Å²) in [5.74, 6) is 1.73. The van der Waals surface area contributed by atoms with E-state index in [4.69, 9.17) is 9.47 Å². The van der Waals surface area contributed by atoms with Gasteiger partial charge in [0.25, 0.3) is 0 Å². The first-order valence-electron chi connectivity index (χ1n) is 9.15. The van der Waals surface area contributed by atoms with Crippen LogP contribution in [0.1, 0.15) is 18.4 Å². The Balaban J connectivity index is 1.45. The molecule has 0 spiro atoms. The summed E-state index contributed by atoms with van der Waals surface area (Å²) in [7, 11) is 3.21. The molecule has 0 saturated carbocycles. The van der Waals surface area contributed by atoms with Crippen molar-refractivity contribution in [3.05, 3.63) is 48.0 Å². The molecule has 144 valence electrons. The van der Waals surface area contributed by atoms with Crippen LogP contribution in [-0.2, 0) is 11.3 Å². The summed E-state index contributed by atoms with van der Waals surface area (Å²) in [5, 5.41) is 2.98. The third-order valence-electron chi connectivity index (χ3n) is 4.62. The number of methoxy groups -OCH3 is 2. The van der Waals surface area contributed by atoms with E-state index in [1.54, 1.807) is 14.2 Å². The van der Waals surface area contributed by atoms with Gasteiger partial charge in [-0.25, -0.2) is 0 Å². The van der Waals surface area contributed by atoms with Gasteiger partial charge in [0.1, 0.15) is 0 Å². The lowest BCUT2D eigenvalue weighted by atomic mass is 10.2. The second-order valence-corrected chi connectivity index (χ2v) is 7.49. The van der Waals surface area contributed by atoms with E-state index >= 15 is 0 Å². The summed E-state index contributed by atoms with van der Waals surface area (Å²) in [6.45, 7) is 2.83. The summed E-state index contributed by atoms with van der Waals surface area (Å²) >= 11 is 1.48. The Morgan fingerprint density at radius 1 is 1.04 bits per heavy atom. The number of nitrogens with zero attached hydrogens (tertiary/aromatic N) is 1. The fourth-order valence-electron chi connectivity index (χ4n) is 3.11. The molecule has 3 rings (SSSR count). The maximum absolute atomic E-state index is 12.1. The van der Waals surface area contributed by atoms with E-state index in [2.05, 4.69) is 34.5 Å². The standard InChI is InChI=1S/C21H26N2O3S/c1-25-19-10-9-18(13-20(19)26-2)27-15-21(24)22-14-16-5-7-17(8-6-16)23-11-3-4-12-23/h5-10,13H,3-4,11-12,14-15H2,1-2H3,(H,22,24). The van der Waals surface area contributed by atoms with Gasteiger partial charge in [-0.2, -0.15) is 0 Å². The molecular formula is C21H26N2O3S. The van der Waals surface area contributed by atoms with Gasteiger partial charge in [-0.15, -0.1) is 11.8 Å². The van der Waals surface area contributed by atoms with Gasteiger partial charge < -0.3 is 19.7 Å². The largest absolute Gasteiger partial charge is 0.493 e. The van der Waals surface area contributed by atoms with Crippen molar-refractivity contribution in [2.45, 2.75) is 24.3 Å². The summed E-state index contributed by atoms with van der Waals surface area (Å²) in [6, 6.07) is 14.1. The maximum atomic E-state index is 12.1. The van der Waals surface area contributed by atoms with Crippen LogP contribution in [0.5, 0.6) is 11.5 Å². The molecule has 0 aliphatic carbocycles. The number of carbonyl (C=O) groups excluding carboxylic acids is 1. The predicted molar refractivity (Wildman–Crippen MR) is 110 cm³/mol. The zero-order valence-electron chi connectivity index (χ0n) is 15.9. The fourth-order valence-corrected chi connectivity index (χ4v) is 3.86. The molecule has 0 bridgehead atoms. The average Bonchev–Trinajstić information content (AvgIpc) is 3.25. The highest BCUT2D eigenvalue weighted by atomic mass is 32.2. The first-order valence-corrected chi connectivity index (χ1v) is 10.1. The van der Waals surface area contributed by atoms with Crippen molar-refractivity contribution < 1.29 is 14.3 Å². The molecule has 0 radical (unpaired) electrons. The lowest BCUT2D eigenvalue weighted by Gasteiger charge is -2.17. The van der Waals surface area contributed by atoms with Crippen molar-refractivity contribution in [2.75, 3.05) is 38.0 Å². The lowest BCUT2D eigenvalue weighted by Crippen LogP contribution is -2.24. The van der Waals surface area contributed by atoms with E-state index < -0.39 is 0 Å². The van der Waals surface area contributed by atoms with E-state index in [-0.39, 0.29) is 5.91 Å². The number of anilines is 1. The molecule has 1 aliphatic heterocycles. The Labute approximate surface area is 165 Å². The van der Waals surface area contributed by atoms with Crippen LogP contribution in [0.4, 0.5) is 5.69 Å². The van der Waals surface area contributed by atoms with E-state index in [1.807, 2.05) is 18.2 Å². The first kappa shape index (κ1) is 19.4. The van der Waals surface area contributed by atoms with Crippen LogP contribution in [0.3, 0.4) is 0 Å². The van der Waals surface area contributed by atoms with Gasteiger partial charge in [0.15, 0.2) is 11.5 Å². The molecule has 1 saturated heterocycles. The number of rotatable bonds is 8. The van der Waals surface area contributed by atoms with Crippen molar-refractivity contribution in [1.29, 1.82) is 0 Å². The van der Waals surface area contributed by atoms with Gasteiger partial charge in [0.05, 0.1) is 20.0 Å². The molecule has 2 aromatic rings.